The zero-order valence-electron chi connectivity index (χ0n) is 9.13. The molecule has 1 heterocycles. The number of hydrogen-bond acceptors (Lipinski definition) is 3. The first-order valence-electron chi connectivity index (χ1n) is 4.99. The van der Waals surface area contributed by atoms with E-state index in [1.807, 2.05) is 35.9 Å². The van der Waals surface area contributed by atoms with Gasteiger partial charge in [0, 0.05) is 19.5 Å². The van der Waals surface area contributed by atoms with Crippen molar-refractivity contribution in [2.45, 2.75) is 12.5 Å². The third-order valence-electron chi connectivity index (χ3n) is 2.56. The molecule has 0 aliphatic heterocycles. The average Bonchev–Trinajstić information content (AvgIpc) is 2.57. The second kappa shape index (κ2) is 5.30. The van der Waals surface area contributed by atoms with Crippen LogP contribution in [-0.4, -0.2) is 27.3 Å². The van der Waals surface area contributed by atoms with Gasteiger partial charge in [-0.1, -0.05) is 12.1 Å². The number of fused-ring (bicyclic) bond motifs is 1. The number of aromatic nitrogens is 2. The summed E-state index contributed by atoms with van der Waals surface area (Å²) in [6, 6.07) is 7.71. The molecule has 0 bridgehead atoms. The molecule has 3 N–H and O–H groups in total. The van der Waals surface area contributed by atoms with Crippen LogP contribution in [0.4, 0.5) is 0 Å². The van der Waals surface area contributed by atoms with E-state index in [9.17, 15) is 0 Å². The third kappa shape index (κ3) is 2.35. The van der Waals surface area contributed by atoms with Crippen LogP contribution in [0.3, 0.4) is 0 Å². The maximum absolute atomic E-state index is 8.90. The summed E-state index contributed by atoms with van der Waals surface area (Å²) < 4.78 is 2.02. The number of benzene rings is 1. The van der Waals surface area contributed by atoms with Crippen molar-refractivity contribution in [2.24, 2.45) is 12.8 Å². The number of halogens is 1. The van der Waals surface area contributed by atoms with Gasteiger partial charge in [-0.25, -0.2) is 4.98 Å². The summed E-state index contributed by atoms with van der Waals surface area (Å²) >= 11 is 0. The lowest BCUT2D eigenvalue weighted by atomic mass is 10.2. The summed E-state index contributed by atoms with van der Waals surface area (Å²) in [6.07, 6.45) is 0.599. The van der Waals surface area contributed by atoms with E-state index in [0.717, 1.165) is 16.9 Å². The highest BCUT2D eigenvalue weighted by Gasteiger charge is 2.10. The third-order valence-corrected chi connectivity index (χ3v) is 2.56. The average molecular weight is 242 g/mol. The molecule has 0 saturated heterocycles. The number of para-hydroxylation sites is 2. The fourth-order valence-corrected chi connectivity index (χ4v) is 1.68. The zero-order chi connectivity index (χ0) is 10.8. The first kappa shape index (κ1) is 13.0. The quantitative estimate of drug-likeness (QED) is 0.838. The number of aliphatic hydroxyl groups is 1. The molecule has 0 aliphatic rings. The summed E-state index contributed by atoms with van der Waals surface area (Å²) in [5, 5.41) is 8.90. The van der Waals surface area contributed by atoms with Crippen molar-refractivity contribution in [3.63, 3.8) is 0 Å². The van der Waals surface area contributed by atoms with Crippen LogP contribution in [0.5, 0.6) is 0 Å². The number of rotatable bonds is 3. The maximum atomic E-state index is 8.90. The molecule has 88 valence electrons. The Labute approximate surface area is 100 Å². The van der Waals surface area contributed by atoms with Crippen LogP contribution in [-0.2, 0) is 13.5 Å². The van der Waals surface area contributed by atoms with Crippen LogP contribution in [0.1, 0.15) is 5.82 Å². The molecule has 2 rings (SSSR count). The van der Waals surface area contributed by atoms with Crippen molar-refractivity contribution in [1.29, 1.82) is 0 Å². The minimum Gasteiger partial charge on any atom is -0.395 e. The molecule has 5 heteroatoms. The van der Waals surface area contributed by atoms with Gasteiger partial charge in [0.25, 0.3) is 0 Å². The molecular weight excluding hydrogens is 226 g/mol. The largest absolute Gasteiger partial charge is 0.395 e. The standard InChI is InChI=1S/C11H15N3O.ClH/c1-14-10-5-3-2-4-9(10)13-11(14)6-8(12)7-15;/h2-5,8,15H,6-7,12H2,1H3;1H. The van der Waals surface area contributed by atoms with Crippen molar-refractivity contribution >= 4 is 23.4 Å². The zero-order valence-corrected chi connectivity index (χ0v) is 9.94. The molecule has 0 fully saturated rings. The summed E-state index contributed by atoms with van der Waals surface area (Å²) in [4.78, 5) is 4.47. The number of hydrogen-bond donors (Lipinski definition) is 2. The molecule has 1 atom stereocenters. The minimum atomic E-state index is -0.236. The van der Waals surface area contributed by atoms with Crippen LogP contribution in [0.2, 0.25) is 0 Å². The number of nitrogens with two attached hydrogens (primary N) is 1. The Balaban J connectivity index is 0.00000128. The normalized spacial score (nSPS) is 12.4. The fraction of sp³-hybridized carbons (Fsp3) is 0.364. The van der Waals surface area contributed by atoms with E-state index in [-0.39, 0.29) is 25.1 Å². The Bertz CT molecular complexity index is 469. The number of aryl methyl sites for hydroxylation is 1. The lowest BCUT2D eigenvalue weighted by molar-refractivity contribution is 0.263. The number of nitrogens with zero attached hydrogens (tertiary/aromatic N) is 2. The van der Waals surface area contributed by atoms with Crippen molar-refractivity contribution < 1.29 is 5.11 Å². The minimum absolute atomic E-state index is 0. The molecule has 0 aliphatic carbocycles. The van der Waals surface area contributed by atoms with Gasteiger partial charge >= 0.3 is 0 Å². The molecule has 0 spiro atoms. The topological polar surface area (TPSA) is 64.1 Å². The fourth-order valence-electron chi connectivity index (χ4n) is 1.68. The Hall–Kier alpha value is -1.10. The molecule has 16 heavy (non-hydrogen) atoms. The van der Waals surface area contributed by atoms with E-state index in [4.69, 9.17) is 10.8 Å². The monoisotopic (exact) mass is 241 g/mol. The predicted molar refractivity (Wildman–Crippen MR) is 66.7 cm³/mol. The summed E-state index contributed by atoms with van der Waals surface area (Å²) in [6.45, 7) is -0.0107. The summed E-state index contributed by atoms with van der Waals surface area (Å²) in [5.41, 5.74) is 7.76. The Morgan fingerprint density at radius 1 is 1.44 bits per heavy atom. The molecule has 4 nitrogen and oxygen atoms in total. The number of aliphatic hydroxyl groups excluding tert-OH is 1. The predicted octanol–water partition coefficient (Wildman–Crippen LogP) is 0.857. The molecular formula is C11H16ClN3O. The van der Waals surface area contributed by atoms with E-state index in [0.29, 0.717) is 6.42 Å². The van der Waals surface area contributed by atoms with Crippen LogP contribution in [0.25, 0.3) is 11.0 Å². The van der Waals surface area contributed by atoms with Gasteiger partial charge in [0.1, 0.15) is 5.82 Å². The molecule has 1 aromatic heterocycles. The molecule has 0 radical (unpaired) electrons. The van der Waals surface area contributed by atoms with Gasteiger partial charge in [-0.05, 0) is 12.1 Å². The molecule has 0 saturated carbocycles. The molecule has 0 amide bonds. The van der Waals surface area contributed by atoms with Crippen molar-refractivity contribution in [1.82, 2.24) is 9.55 Å². The lowest BCUT2D eigenvalue weighted by Gasteiger charge is -2.07. The molecule has 1 aromatic carbocycles. The first-order valence-corrected chi connectivity index (χ1v) is 4.99. The van der Waals surface area contributed by atoms with Gasteiger partial charge in [-0.2, -0.15) is 0 Å². The van der Waals surface area contributed by atoms with Gasteiger partial charge in [-0.15, -0.1) is 12.4 Å². The Kier molecular flexibility index (Phi) is 4.29. The smallest absolute Gasteiger partial charge is 0.111 e. The van der Waals surface area contributed by atoms with Gasteiger partial charge in [-0.3, -0.25) is 0 Å². The van der Waals surface area contributed by atoms with E-state index in [1.165, 1.54) is 0 Å². The summed E-state index contributed by atoms with van der Waals surface area (Å²) in [7, 11) is 1.97. The van der Waals surface area contributed by atoms with E-state index < -0.39 is 0 Å². The second-order valence-electron chi connectivity index (χ2n) is 3.72. The summed E-state index contributed by atoms with van der Waals surface area (Å²) in [5.74, 6) is 0.915. The van der Waals surface area contributed by atoms with E-state index >= 15 is 0 Å². The maximum Gasteiger partial charge on any atom is 0.111 e. The van der Waals surface area contributed by atoms with Crippen LogP contribution >= 0.6 is 12.4 Å². The lowest BCUT2D eigenvalue weighted by Crippen LogP contribution is -2.28. The Morgan fingerprint density at radius 2 is 2.12 bits per heavy atom. The van der Waals surface area contributed by atoms with Gasteiger partial charge in [0.2, 0.25) is 0 Å². The van der Waals surface area contributed by atoms with E-state index in [1.54, 1.807) is 0 Å². The van der Waals surface area contributed by atoms with Gasteiger partial charge in [0.05, 0.1) is 17.6 Å². The van der Waals surface area contributed by atoms with E-state index in [2.05, 4.69) is 4.98 Å². The molecule has 2 aromatic rings. The van der Waals surface area contributed by atoms with Crippen molar-refractivity contribution in [3.8, 4) is 0 Å². The van der Waals surface area contributed by atoms with Crippen molar-refractivity contribution in [3.05, 3.63) is 30.1 Å². The van der Waals surface area contributed by atoms with Gasteiger partial charge < -0.3 is 15.4 Å². The highest BCUT2D eigenvalue weighted by atomic mass is 35.5. The Morgan fingerprint density at radius 3 is 2.75 bits per heavy atom. The number of imidazole rings is 1. The first-order chi connectivity index (χ1) is 7.22. The van der Waals surface area contributed by atoms with Gasteiger partial charge in [0.15, 0.2) is 0 Å². The second-order valence-corrected chi connectivity index (χ2v) is 3.72. The molecule has 1 unspecified atom stereocenters. The SMILES string of the molecule is Cl.Cn1c(CC(N)CO)nc2ccccc21. The van der Waals surface area contributed by atoms with Crippen molar-refractivity contribution in [2.75, 3.05) is 6.61 Å². The highest BCUT2D eigenvalue weighted by Crippen LogP contribution is 2.14. The van der Waals surface area contributed by atoms with Crippen LogP contribution < -0.4 is 5.73 Å². The van der Waals surface area contributed by atoms with Crippen LogP contribution in [0, 0.1) is 0 Å². The highest BCUT2D eigenvalue weighted by molar-refractivity contribution is 5.85. The van der Waals surface area contributed by atoms with Crippen LogP contribution in [0.15, 0.2) is 24.3 Å².